The van der Waals surface area contributed by atoms with Crippen LogP contribution in [0.5, 0.6) is 5.75 Å². The first-order chi connectivity index (χ1) is 11.3. The van der Waals surface area contributed by atoms with E-state index in [0.29, 0.717) is 19.4 Å². The van der Waals surface area contributed by atoms with Gasteiger partial charge < -0.3 is 14.6 Å². The number of benzene rings is 1. The molecule has 1 aliphatic heterocycles. The average Bonchev–Trinajstić information content (AvgIpc) is 3.02. The lowest BCUT2D eigenvalue weighted by atomic mass is 10.1. The molecular weight excluding hydrogens is 290 g/mol. The summed E-state index contributed by atoms with van der Waals surface area (Å²) in [5.74, 6) is 2.09. The number of imidazole rings is 1. The van der Waals surface area contributed by atoms with Gasteiger partial charge in [0.2, 0.25) is 5.91 Å². The number of para-hydroxylation sites is 1. The average molecular weight is 313 g/mol. The van der Waals surface area contributed by atoms with E-state index in [2.05, 4.69) is 14.9 Å². The third-order valence-corrected chi connectivity index (χ3v) is 4.19. The third-order valence-electron chi connectivity index (χ3n) is 4.19. The van der Waals surface area contributed by atoms with Crippen LogP contribution in [0.3, 0.4) is 0 Å². The Balaban J connectivity index is 1.51. The summed E-state index contributed by atoms with van der Waals surface area (Å²) >= 11 is 0. The molecule has 0 fully saturated rings. The lowest BCUT2D eigenvalue weighted by Crippen LogP contribution is -2.40. The summed E-state index contributed by atoms with van der Waals surface area (Å²) in [5, 5.41) is 3.14. The van der Waals surface area contributed by atoms with Gasteiger partial charge in [0.25, 0.3) is 0 Å². The number of amides is 1. The number of nitrogens with one attached hydrogen (secondary N) is 1. The number of aromatic nitrogens is 2. The number of fused-ring (bicyclic) bond motifs is 1. The molecule has 122 valence electrons. The van der Waals surface area contributed by atoms with Crippen LogP contribution in [0, 0.1) is 0 Å². The van der Waals surface area contributed by atoms with Gasteiger partial charge in [0, 0.05) is 37.8 Å². The predicted molar refractivity (Wildman–Crippen MR) is 88.4 cm³/mol. The van der Waals surface area contributed by atoms with Crippen LogP contribution in [0.1, 0.15) is 31.2 Å². The second-order valence-electron chi connectivity index (χ2n) is 5.84. The van der Waals surface area contributed by atoms with Crippen molar-refractivity contribution in [2.45, 2.75) is 45.2 Å². The quantitative estimate of drug-likeness (QED) is 0.890. The summed E-state index contributed by atoms with van der Waals surface area (Å²) in [7, 11) is 0. The van der Waals surface area contributed by atoms with E-state index in [1.807, 2.05) is 43.6 Å². The van der Waals surface area contributed by atoms with Crippen molar-refractivity contribution >= 4 is 5.91 Å². The molecular formula is C18H23N3O2. The van der Waals surface area contributed by atoms with Crippen molar-refractivity contribution in [2.75, 3.05) is 6.61 Å². The molecule has 1 unspecified atom stereocenters. The Labute approximate surface area is 136 Å². The SMILES string of the molecule is CCOc1ccccc1CCC(=O)NC1CCc2nccn2C1. The minimum atomic E-state index is 0.102. The summed E-state index contributed by atoms with van der Waals surface area (Å²) in [6.07, 6.45) is 6.86. The first-order valence-corrected chi connectivity index (χ1v) is 8.26. The van der Waals surface area contributed by atoms with Crippen LogP contribution in [0.25, 0.3) is 0 Å². The molecule has 1 N–H and O–H groups in total. The topological polar surface area (TPSA) is 56.1 Å². The van der Waals surface area contributed by atoms with Crippen molar-refractivity contribution in [3.8, 4) is 5.75 Å². The van der Waals surface area contributed by atoms with Gasteiger partial charge in [-0.15, -0.1) is 0 Å². The molecule has 3 rings (SSSR count). The van der Waals surface area contributed by atoms with E-state index in [1.54, 1.807) is 0 Å². The van der Waals surface area contributed by atoms with E-state index >= 15 is 0 Å². The summed E-state index contributed by atoms with van der Waals surface area (Å²) in [6, 6.07) is 8.12. The number of ether oxygens (including phenoxy) is 1. The Hall–Kier alpha value is -2.30. The molecule has 5 heteroatoms. The molecule has 0 spiro atoms. The number of hydrogen-bond acceptors (Lipinski definition) is 3. The molecule has 0 radical (unpaired) electrons. The van der Waals surface area contributed by atoms with Crippen LogP contribution in [0.4, 0.5) is 0 Å². The standard InChI is InChI=1S/C18H23N3O2/c1-2-23-16-6-4-3-5-14(16)7-10-18(22)20-15-8-9-17-19-11-12-21(17)13-15/h3-6,11-12,15H,2,7-10,13H2,1H3,(H,20,22). The van der Waals surface area contributed by atoms with Crippen molar-refractivity contribution in [3.63, 3.8) is 0 Å². The Bertz CT molecular complexity index is 666. The van der Waals surface area contributed by atoms with Crippen LogP contribution < -0.4 is 10.1 Å². The molecule has 1 aromatic heterocycles. The third kappa shape index (κ3) is 3.92. The second kappa shape index (κ2) is 7.31. The first kappa shape index (κ1) is 15.6. The monoisotopic (exact) mass is 313 g/mol. The number of carbonyl (C=O) groups is 1. The minimum absolute atomic E-state index is 0.102. The van der Waals surface area contributed by atoms with E-state index < -0.39 is 0 Å². The Kier molecular flexibility index (Phi) is 4.95. The first-order valence-electron chi connectivity index (χ1n) is 8.26. The van der Waals surface area contributed by atoms with E-state index in [-0.39, 0.29) is 11.9 Å². The molecule has 0 saturated heterocycles. The zero-order chi connectivity index (χ0) is 16.1. The van der Waals surface area contributed by atoms with Gasteiger partial charge in [0.15, 0.2) is 0 Å². The summed E-state index contributed by atoms with van der Waals surface area (Å²) in [5.41, 5.74) is 1.09. The lowest BCUT2D eigenvalue weighted by Gasteiger charge is -2.24. The maximum Gasteiger partial charge on any atom is 0.220 e. The molecule has 2 aromatic rings. The molecule has 1 aliphatic rings. The number of rotatable bonds is 6. The molecule has 0 bridgehead atoms. The number of aryl methyl sites for hydroxylation is 2. The van der Waals surface area contributed by atoms with Gasteiger partial charge in [-0.1, -0.05) is 18.2 Å². The van der Waals surface area contributed by atoms with Crippen LogP contribution in [-0.2, 0) is 24.2 Å². The Morgan fingerprint density at radius 1 is 1.43 bits per heavy atom. The maximum absolute atomic E-state index is 12.2. The molecule has 1 amide bonds. The molecule has 0 saturated carbocycles. The van der Waals surface area contributed by atoms with Gasteiger partial charge in [0.1, 0.15) is 11.6 Å². The number of nitrogens with zero attached hydrogens (tertiary/aromatic N) is 2. The Morgan fingerprint density at radius 3 is 3.17 bits per heavy atom. The highest BCUT2D eigenvalue weighted by molar-refractivity contribution is 5.76. The van der Waals surface area contributed by atoms with Gasteiger partial charge in [-0.3, -0.25) is 4.79 Å². The van der Waals surface area contributed by atoms with Crippen LogP contribution in [0.15, 0.2) is 36.7 Å². The zero-order valence-corrected chi connectivity index (χ0v) is 13.5. The molecule has 2 heterocycles. The normalized spacial score (nSPS) is 16.7. The number of carbonyl (C=O) groups excluding carboxylic acids is 1. The molecule has 0 aliphatic carbocycles. The molecule has 1 atom stereocenters. The van der Waals surface area contributed by atoms with Gasteiger partial charge in [-0.2, -0.15) is 0 Å². The van der Waals surface area contributed by atoms with Crippen molar-refractivity contribution in [1.82, 2.24) is 14.9 Å². The highest BCUT2D eigenvalue weighted by Gasteiger charge is 2.20. The fourth-order valence-electron chi connectivity index (χ4n) is 3.04. The fourth-order valence-corrected chi connectivity index (χ4v) is 3.04. The maximum atomic E-state index is 12.2. The van der Waals surface area contributed by atoms with Gasteiger partial charge >= 0.3 is 0 Å². The highest BCUT2D eigenvalue weighted by atomic mass is 16.5. The van der Waals surface area contributed by atoms with Gasteiger partial charge in [-0.25, -0.2) is 4.98 Å². The summed E-state index contributed by atoms with van der Waals surface area (Å²) in [4.78, 5) is 16.5. The number of hydrogen-bond donors (Lipinski definition) is 1. The van der Waals surface area contributed by atoms with Crippen molar-refractivity contribution in [1.29, 1.82) is 0 Å². The van der Waals surface area contributed by atoms with Crippen LogP contribution >= 0.6 is 0 Å². The molecule has 1 aromatic carbocycles. The van der Waals surface area contributed by atoms with E-state index in [0.717, 1.165) is 36.5 Å². The largest absolute Gasteiger partial charge is 0.494 e. The summed E-state index contributed by atoms with van der Waals surface area (Å²) in [6.45, 7) is 3.42. The van der Waals surface area contributed by atoms with E-state index in [4.69, 9.17) is 4.74 Å². The van der Waals surface area contributed by atoms with Crippen LogP contribution in [-0.4, -0.2) is 28.1 Å². The smallest absolute Gasteiger partial charge is 0.220 e. The minimum Gasteiger partial charge on any atom is -0.494 e. The summed E-state index contributed by atoms with van der Waals surface area (Å²) < 4.78 is 7.73. The molecule has 23 heavy (non-hydrogen) atoms. The van der Waals surface area contributed by atoms with Crippen molar-refractivity contribution < 1.29 is 9.53 Å². The van der Waals surface area contributed by atoms with Crippen LogP contribution in [0.2, 0.25) is 0 Å². The fraction of sp³-hybridized carbons (Fsp3) is 0.444. The van der Waals surface area contributed by atoms with Gasteiger partial charge in [0.05, 0.1) is 6.61 Å². The lowest BCUT2D eigenvalue weighted by molar-refractivity contribution is -0.122. The highest BCUT2D eigenvalue weighted by Crippen LogP contribution is 2.19. The van der Waals surface area contributed by atoms with E-state index in [9.17, 15) is 4.79 Å². The zero-order valence-electron chi connectivity index (χ0n) is 13.5. The second-order valence-corrected chi connectivity index (χ2v) is 5.84. The van der Waals surface area contributed by atoms with Crippen molar-refractivity contribution in [3.05, 3.63) is 48.0 Å². The molecule has 5 nitrogen and oxygen atoms in total. The van der Waals surface area contributed by atoms with E-state index in [1.165, 1.54) is 0 Å². The van der Waals surface area contributed by atoms with Crippen molar-refractivity contribution in [2.24, 2.45) is 0 Å². The van der Waals surface area contributed by atoms with Gasteiger partial charge in [-0.05, 0) is 31.4 Å². The Morgan fingerprint density at radius 2 is 2.30 bits per heavy atom. The predicted octanol–water partition coefficient (Wildman–Crippen LogP) is 2.35.